The molecule has 5 atom stereocenters. The summed E-state index contributed by atoms with van der Waals surface area (Å²) < 4.78 is 0. The van der Waals surface area contributed by atoms with Crippen molar-refractivity contribution < 1.29 is 34.5 Å². The van der Waals surface area contributed by atoms with Gasteiger partial charge in [-0.25, -0.2) is 4.79 Å². The van der Waals surface area contributed by atoms with Crippen molar-refractivity contribution in [2.24, 2.45) is 23.5 Å². The molecule has 0 aromatic carbocycles. The second-order valence-electron chi connectivity index (χ2n) is 5.90. The summed E-state index contributed by atoms with van der Waals surface area (Å²) in [6.45, 7) is 0. The van der Waals surface area contributed by atoms with E-state index in [1.807, 2.05) is 0 Å². The molecule has 0 unspecified atom stereocenters. The minimum atomic E-state index is -1.62. The number of carboxylic acid groups (broad SMARTS) is 3. The van der Waals surface area contributed by atoms with E-state index in [9.17, 15) is 24.3 Å². The van der Waals surface area contributed by atoms with Crippen molar-refractivity contribution in [3.63, 3.8) is 0 Å². The number of aliphatic carboxylic acids is 3. The first-order valence-corrected chi connectivity index (χ1v) is 6.96. The fourth-order valence-corrected chi connectivity index (χ4v) is 3.47. The Labute approximate surface area is 137 Å². The van der Waals surface area contributed by atoms with Crippen LogP contribution in [0.3, 0.4) is 0 Å². The average Bonchev–Trinajstić information content (AvgIpc) is 3.05. The van der Waals surface area contributed by atoms with Crippen LogP contribution in [0, 0.1) is 17.8 Å². The first kappa shape index (κ1) is 19.2. The predicted octanol–water partition coefficient (Wildman–Crippen LogP) is -0.719. The lowest BCUT2D eigenvalue weighted by atomic mass is 9.89. The topological polar surface area (TPSA) is 167 Å². The number of fused-ring (bicyclic) bond motifs is 1. The van der Waals surface area contributed by atoms with Gasteiger partial charge in [-0.05, 0) is 25.2 Å². The number of nitrogens with two attached hydrogens (primary N) is 1. The number of hydrogen-bond donors (Lipinski definition) is 5. The van der Waals surface area contributed by atoms with Crippen molar-refractivity contribution in [2.75, 3.05) is 0 Å². The molecule has 23 heavy (non-hydrogen) atoms. The van der Waals surface area contributed by atoms with Gasteiger partial charge in [0.05, 0.1) is 12.0 Å². The first-order chi connectivity index (χ1) is 10.2. The molecule has 0 heterocycles. The summed E-state index contributed by atoms with van der Waals surface area (Å²) in [7, 11) is 0. The lowest BCUT2D eigenvalue weighted by Gasteiger charge is -2.29. The third-order valence-electron chi connectivity index (χ3n) is 4.63. The van der Waals surface area contributed by atoms with E-state index >= 15 is 0 Å². The molecule has 0 aromatic rings. The van der Waals surface area contributed by atoms with Crippen LogP contribution < -0.4 is 11.1 Å². The standard InChI is InChI=1S/C13H18N2O7.ClH/c14-6(1-2-7(16)17)10(18)15-13(12(21)22)4-3-5-8(9(5)13)11(19)20;/h5-6,8-9H,1-4,14H2,(H,15,18)(H,16,17)(H,19,20)(H,21,22);1H/t5-,6-,8-,9-,13-;/m0./s1. The van der Waals surface area contributed by atoms with Gasteiger partial charge in [-0.1, -0.05) is 0 Å². The highest BCUT2D eigenvalue weighted by Gasteiger charge is 2.72. The van der Waals surface area contributed by atoms with Crippen molar-refractivity contribution in [1.82, 2.24) is 5.32 Å². The predicted molar refractivity (Wildman–Crippen MR) is 77.9 cm³/mol. The molecule has 2 saturated carbocycles. The zero-order valence-corrected chi connectivity index (χ0v) is 12.9. The van der Waals surface area contributed by atoms with Crippen molar-refractivity contribution in [1.29, 1.82) is 0 Å². The van der Waals surface area contributed by atoms with Gasteiger partial charge < -0.3 is 26.4 Å². The Kier molecular flexibility index (Phi) is 5.60. The van der Waals surface area contributed by atoms with Gasteiger partial charge in [-0.3, -0.25) is 14.4 Å². The van der Waals surface area contributed by atoms with Gasteiger partial charge in [0.2, 0.25) is 5.91 Å². The van der Waals surface area contributed by atoms with E-state index in [4.69, 9.17) is 15.9 Å². The molecule has 2 rings (SSSR count). The maximum Gasteiger partial charge on any atom is 0.329 e. The van der Waals surface area contributed by atoms with Gasteiger partial charge in [0.25, 0.3) is 0 Å². The highest BCUT2D eigenvalue weighted by molar-refractivity contribution is 5.92. The quantitative estimate of drug-likeness (QED) is 0.401. The van der Waals surface area contributed by atoms with Gasteiger partial charge >= 0.3 is 17.9 Å². The molecule has 6 N–H and O–H groups in total. The molecule has 2 fully saturated rings. The summed E-state index contributed by atoms with van der Waals surface area (Å²) in [4.78, 5) is 45.2. The number of amides is 1. The largest absolute Gasteiger partial charge is 0.481 e. The Morgan fingerprint density at radius 3 is 2.26 bits per heavy atom. The van der Waals surface area contributed by atoms with Gasteiger partial charge in [-0.2, -0.15) is 0 Å². The van der Waals surface area contributed by atoms with Crippen LogP contribution in [0.5, 0.6) is 0 Å². The average molecular weight is 351 g/mol. The van der Waals surface area contributed by atoms with Crippen LogP contribution in [0.15, 0.2) is 0 Å². The highest BCUT2D eigenvalue weighted by Crippen LogP contribution is 2.62. The molecular formula is C13H19ClN2O7. The number of halogens is 1. The second-order valence-corrected chi connectivity index (χ2v) is 5.90. The van der Waals surface area contributed by atoms with Crippen LogP contribution in [0.4, 0.5) is 0 Å². The van der Waals surface area contributed by atoms with Gasteiger partial charge in [0.1, 0.15) is 5.54 Å². The molecular weight excluding hydrogens is 332 g/mol. The van der Waals surface area contributed by atoms with E-state index in [-0.39, 0.29) is 37.6 Å². The Morgan fingerprint density at radius 1 is 1.22 bits per heavy atom. The number of nitrogens with one attached hydrogen (secondary N) is 1. The number of carbonyl (C=O) groups excluding carboxylic acids is 1. The van der Waals surface area contributed by atoms with Crippen LogP contribution in [0.2, 0.25) is 0 Å². The number of carboxylic acids is 3. The van der Waals surface area contributed by atoms with Crippen LogP contribution in [-0.2, 0) is 19.2 Å². The van der Waals surface area contributed by atoms with Crippen molar-refractivity contribution in [3.05, 3.63) is 0 Å². The fourth-order valence-electron chi connectivity index (χ4n) is 3.47. The Morgan fingerprint density at radius 2 is 1.83 bits per heavy atom. The number of hydrogen-bond acceptors (Lipinski definition) is 5. The summed E-state index contributed by atoms with van der Waals surface area (Å²) >= 11 is 0. The summed E-state index contributed by atoms with van der Waals surface area (Å²) in [5.41, 5.74) is 3.95. The van der Waals surface area contributed by atoms with Gasteiger partial charge in [-0.15, -0.1) is 12.4 Å². The van der Waals surface area contributed by atoms with Crippen LogP contribution >= 0.6 is 12.4 Å². The Bertz CT molecular complexity index is 540. The number of carbonyl (C=O) groups is 4. The molecule has 1 amide bonds. The van der Waals surface area contributed by atoms with Crippen molar-refractivity contribution >= 4 is 36.2 Å². The summed E-state index contributed by atoms with van der Waals surface area (Å²) in [5, 5.41) is 29.5. The highest BCUT2D eigenvalue weighted by atomic mass is 35.5. The molecule has 0 bridgehead atoms. The lowest BCUT2D eigenvalue weighted by molar-refractivity contribution is -0.150. The van der Waals surface area contributed by atoms with E-state index in [0.29, 0.717) is 6.42 Å². The van der Waals surface area contributed by atoms with E-state index < -0.39 is 47.2 Å². The fraction of sp³-hybridized carbons (Fsp3) is 0.692. The third kappa shape index (κ3) is 3.40. The molecule has 9 nitrogen and oxygen atoms in total. The third-order valence-corrected chi connectivity index (χ3v) is 4.63. The van der Waals surface area contributed by atoms with Gasteiger partial charge in [0, 0.05) is 12.3 Å². The van der Waals surface area contributed by atoms with Gasteiger partial charge in [0.15, 0.2) is 0 Å². The van der Waals surface area contributed by atoms with Crippen LogP contribution in [0.1, 0.15) is 25.7 Å². The van der Waals surface area contributed by atoms with Crippen molar-refractivity contribution in [3.8, 4) is 0 Å². The van der Waals surface area contributed by atoms with E-state index in [2.05, 4.69) is 5.32 Å². The van der Waals surface area contributed by atoms with E-state index in [1.54, 1.807) is 0 Å². The summed E-state index contributed by atoms with van der Waals surface area (Å²) in [6, 6.07) is -1.14. The van der Waals surface area contributed by atoms with E-state index in [1.165, 1.54) is 0 Å². The molecule has 0 saturated heterocycles. The smallest absolute Gasteiger partial charge is 0.329 e. The molecule has 2 aliphatic rings. The summed E-state index contributed by atoms with van der Waals surface area (Å²) in [5.74, 6) is -5.86. The Balaban J connectivity index is 0.00000264. The normalized spacial score (nSPS) is 32.1. The summed E-state index contributed by atoms with van der Waals surface area (Å²) in [6.07, 6.45) is 0.142. The molecule has 0 radical (unpaired) electrons. The molecule has 0 aromatic heterocycles. The lowest BCUT2D eigenvalue weighted by Crippen LogP contribution is -2.59. The SMILES string of the molecule is Cl.N[C@@H](CCC(=O)O)C(=O)N[C@@]1(C(=O)O)CC[C@H]2[C@H](C(=O)O)[C@H]21. The number of rotatable bonds is 7. The Hall–Kier alpha value is -1.87. The molecule has 130 valence electrons. The van der Waals surface area contributed by atoms with Crippen molar-refractivity contribution in [2.45, 2.75) is 37.3 Å². The second kappa shape index (κ2) is 6.71. The maximum absolute atomic E-state index is 12.0. The molecule has 0 spiro atoms. The van der Waals surface area contributed by atoms with Crippen LogP contribution in [-0.4, -0.2) is 50.7 Å². The zero-order chi connectivity index (χ0) is 16.7. The molecule has 10 heteroatoms. The zero-order valence-electron chi connectivity index (χ0n) is 12.1. The first-order valence-electron chi connectivity index (χ1n) is 6.96. The molecule has 2 aliphatic carbocycles. The van der Waals surface area contributed by atoms with Crippen LogP contribution in [0.25, 0.3) is 0 Å². The molecule has 0 aliphatic heterocycles. The monoisotopic (exact) mass is 350 g/mol. The van der Waals surface area contributed by atoms with E-state index in [0.717, 1.165) is 0 Å². The minimum absolute atomic E-state index is 0. The minimum Gasteiger partial charge on any atom is -0.481 e. The maximum atomic E-state index is 12.0.